The first-order valence-electron chi connectivity index (χ1n) is 11.4. The minimum absolute atomic E-state index is 0.0332. The highest BCUT2D eigenvalue weighted by molar-refractivity contribution is 6.29. The van der Waals surface area contributed by atoms with Gasteiger partial charge in [0, 0.05) is 29.1 Å². The van der Waals surface area contributed by atoms with Crippen molar-refractivity contribution in [2.24, 2.45) is 28.6 Å². The van der Waals surface area contributed by atoms with Crippen molar-refractivity contribution in [1.29, 1.82) is 0 Å². The van der Waals surface area contributed by atoms with E-state index in [0.29, 0.717) is 24.8 Å². The number of allylic oxidation sites excluding steroid dienone is 4. The van der Waals surface area contributed by atoms with E-state index in [9.17, 15) is 24.3 Å². The Morgan fingerprint density at radius 1 is 1.31 bits per heavy atom. The number of ether oxygens (including phenoxy) is 1. The van der Waals surface area contributed by atoms with E-state index in [-0.39, 0.29) is 30.8 Å². The van der Waals surface area contributed by atoms with E-state index in [1.807, 2.05) is 0 Å². The Hall–Kier alpha value is -2.15. The van der Waals surface area contributed by atoms with Gasteiger partial charge < -0.3 is 9.84 Å². The van der Waals surface area contributed by atoms with Gasteiger partial charge in [-0.1, -0.05) is 32.4 Å². The van der Waals surface area contributed by atoms with Crippen LogP contribution in [0.2, 0.25) is 0 Å². The normalized spacial score (nSPS) is 47.1. The summed E-state index contributed by atoms with van der Waals surface area (Å²) in [6.45, 7) is 6.84. The van der Waals surface area contributed by atoms with Gasteiger partial charge in [-0.05, 0) is 50.7 Å². The Balaban J connectivity index is 1.86. The van der Waals surface area contributed by atoms with Gasteiger partial charge >= 0.3 is 5.97 Å². The van der Waals surface area contributed by atoms with Crippen LogP contribution >= 0.6 is 0 Å². The highest BCUT2D eigenvalue weighted by Gasteiger charge is 2.77. The van der Waals surface area contributed by atoms with Crippen LogP contribution in [0.1, 0.15) is 59.8 Å². The first kappa shape index (κ1) is 23.0. The molecule has 0 aliphatic heterocycles. The summed E-state index contributed by atoms with van der Waals surface area (Å²) in [5.41, 5.74) is -5.35. The van der Waals surface area contributed by atoms with Crippen LogP contribution in [0, 0.1) is 28.6 Å². The fraction of sp³-hybridized carbons (Fsp3) is 0.680. The van der Waals surface area contributed by atoms with Gasteiger partial charge in [0.05, 0.1) is 6.10 Å². The molecule has 6 nitrogen and oxygen atoms in total. The van der Waals surface area contributed by atoms with Crippen LogP contribution in [0.15, 0.2) is 23.8 Å². The van der Waals surface area contributed by atoms with Crippen molar-refractivity contribution in [2.75, 3.05) is 0 Å². The molecule has 0 spiro atoms. The Labute approximate surface area is 187 Å². The Morgan fingerprint density at radius 3 is 2.62 bits per heavy atom. The van der Waals surface area contributed by atoms with Crippen LogP contribution in [-0.2, 0) is 23.9 Å². The monoisotopic (exact) mass is 446 g/mol. The molecule has 0 radical (unpaired) electrons. The first-order chi connectivity index (χ1) is 14.9. The summed E-state index contributed by atoms with van der Waals surface area (Å²) in [6.07, 6.45) is 4.32. The molecule has 0 bridgehead atoms. The summed E-state index contributed by atoms with van der Waals surface area (Å²) in [5, 5.41) is 11.3. The molecule has 3 saturated carbocycles. The topological polar surface area (TPSA) is 97.7 Å². The molecule has 0 aromatic heterocycles. The number of alkyl halides is 1. The zero-order valence-corrected chi connectivity index (χ0v) is 19.0. The molecule has 0 unspecified atom stereocenters. The van der Waals surface area contributed by atoms with Gasteiger partial charge in [0.1, 0.15) is 0 Å². The van der Waals surface area contributed by atoms with Crippen LogP contribution in [0.3, 0.4) is 0 Å². The number of hydrogen-bond acceptors (Lipinski definition) is 6. The van der Waals surface area contributed by atoms with Crippen molar-refractivity contribution in [3.8, 4) is 0 Å². The molecule has 4 aliphatic carbocycles. The summed E-state index contributed by atoms with van der Waals surface area (Å²) >= 11 is 0. The number of fused-ring (bicyclic) bond motifs is 5. The lowest BCUT2D eigenvalue weighted by Gasteiger charge is -2.62. The quantitative estimate of drug-likeness (QED) is 0.405. The van der Waals surface area contributed by atoms with Crippen molar-refractivity contribution in [2.45, 2.75) is 77.2 Å². The number of aliphatic hydroxyl groups excluding tert-OH is 1. The first-order valence-corrected chi connectivity index (χ1v) is 11.4. The highest BCUT2D eigenvalue weighted by atomic mass is 19.1. The van der Waals surface area contributed by atoms with Crippen molar-refractivity contribution in [3.63, 3.8) is 0 Å². The second-order valence-electron chi connectivity index (χ2n) is 10.4. The zero-order valence-electron chi connectivity index (χ0n) is 19.0. The number of halogens is 1. The number of hydrogen-bond donors (Lipinski definition) is 1. The number of esters is 1. The van der Waals surface area contributed by atoms with Crippen molar-refractivity contribution in [1.82, 2.24) is 0 Å². The van der Waals surface area contributed by atoms with E-state index >= 15 is 4.39 Å². The van der Waals surface area contributed by atoms with E-state index < -0.39 is 51.8 Å². The minimum Gasteiger partial charge on any atom is -0.450 e. The molecule has 0 amide bonds. The Morgan fingerprint density at radius 2 is 2.00 bits per heavy atom. The minimum atomic E-state index is -2.05. The number of ketones is 2. The SMILES string of the molecule is CCC(=O)O[C@]1(C(=O)C=O)[C@H](C)C[C@H]2[C@@H]3CCC4=CC(=O)C=C[C@]4(C)[C@@]3(F)[C@@H](O)C[C@@]21C. The molecule has 4 aliphatic rings. The Kier molecular flexibility index (Phi) is 5.16. The second-order valence-corrected chi connectivity index (χ2v) is 10.4. The van der Waals surface area contributed by atoms with Crippen molar-refractivity contribution in [3.05, 3.63) is 23.8 Å². The summed E-state index contributed by atoms with van der Waals surface area (Å²) in [6, 6.07) is 0. The van der Waals surface area contributed by atoms with E-state index in [0.717, 1.165) is 0 Å². The number of Topliss-reactive ketones (excluding diaryl/α,β-unsaturated/α-hetero) is 1. The van der Waals surface area contributed by atoms with Crippen LogP contribution < -0.4 is 0 Å². The van der Waals surface area contributed by atoms with Crippen LogP contribution in [0.4, 0.5) is 4.39 Å². The molecule has 8 atom stereocenters. The van der Waals surface area contributed by atoms with Crippen LogP contribution in [0.5, 0.6) is 0 Å². The lowest BCUT2D eigenvalue weighted by atomic mass is 9.44. The summed E-state index contributed by atoms with van der Waals surface area (Å²) in [5.74, 6) is -3.14. The lowest BCUT2D eigenvalue weighted by molar-refractivity contribution is -0.226. The lowest BCUT2D eigenvalue weighted by Crippen LogP contribution is -2.70. The smallest absolute Gasteiger partial charge is 0.306 e. The van der Waals surface area contributed by atoms with Gasteiger partial charge in [-0.25, -0.2) is 4.39 Å². The van der Waals surface area contributed by atoms with E-state index in [4.69, 9.17) is 4.74 Å². The van der Waals surface area contributed by atoms with Crippen molar-refractivity contribution < 1.29 is 33.4 Å². The van der Waals surface area contributed by atoms with E-state index in [2.05, 4.69) is 0 Å². The molecule has 3 fully saturated rings. The van der Waals surface area contributed by atoms with E-state index in [1.54, 1.807) is 33.8 Å². The molecule has 7 heteroatoms. The van der Waals surface area contributed by atoms with Gasteiger partial charge in [0.25, 0.3) is 0 Å². The molecule has 0 saturated heterocycles. The van der Waals surface area contributed by atoms with Gasteiger partial charge in [-0.15, -0.1) is 0 Å². The standard InChI is InChI=1S/C25H31FO6/c1-5-21(31)32-25(20(30)13-27)14(2)10-18-17-7-6-15-11-16(28)8-9-22(15,3)24(17,26)19(29)12-23(18,25)4/h8-9,11,13-14,17-19,29H,5-7,10,12H2,1-4H3/t14-,17+,18+,19+,22+,23+,24+,25+/m1/s1. The van der Waals surface area contributed by atoms with Gasteiger partial charge in [0.2, 0.25) is 5.78 Å². The third-order valence-electron chi connectivity index (χ3n) is 9.22. The molecule has 4 rings (SSSR count). The molecule has 0 aromatic carbocycles. The maximum absolute atomic E-state index is 17.1. The van der Waals surface area contributed by atoms with Crippen LogP contribution in [-0.4, -0.2) is 46.3 Å². The Bertz CT molecular complexity index is 954. The summed E-state index contributed by atoms with van der Waals surface area (Å²) < 4.78 is 22.9. The fourth-order valence-corrected chi connectivity index (χ4v) is 7.66. The number of rotatable bonds is 4. The largest absolute Gasteiger partial charge is 0.450 e. The third kappa shape index (κ3) is 2.54. The highest BCUT2D eigenvalue weighted by Crippen LogP contribution is 2.71. The predicted octanol–water partition coefficient (Wildman–Crippen LogP) is 3.06. The summed E-state index contributed by atoms with van der Waals surface area (Å²) in [7, 11) is 0. The fourth-order valence-electron chi connectivity index (χ4n) is 7.66. The van der Waals surface area contributed by atoms with E-state index in [1.165, 1.54) is 12.2 Å². The number of aldehydes is 1. The van der Waals surface area contributed by atoms with Crippen LogP contribution in [0.25, 0.3) is 0 Å². The average Bonchev–Trinajstić information content (AvgIpc) is 2.96. The maximum atomic E-state index is 17.1. The molecule has 0 aromatic rings. The molecule has 32 heavy (non-hydrogen) atoms. The van der Waals surface area contributed by atoms with Gasteiger partial charge in [-0.3, -0.25) is 19.2 Å². The second kappa shape index (κ2) is 7.17. The third-order valence-corrected chi connectivity index (χ3v) is 9.22. The maximum Gasteiger partial charge on any atom is 0.306 e. The number of aliphatic hydroxyl groups is 1. The number of carbonyl (C=O) groups excluding carboxylic acids is 4. The molecular weight excluding hydrogens is 415 g/mol. The number of carbonyl (C=O) groups is 4. The molecule has 1 N–H and O–H groups in total. The molecule has 174 valence electrons. The molecular formula is C25H31FO6. The van der Waals surface area contributed by atoms with Crippen molar-refractivity contribution >= 4 is 23.8 Å². The zero-order chi connectivity index (χ0) is 23.7. The summed E-state index contributed by atoms with van der Waals surface area (Å²) in [4.78, 5) is 49.1. The van der Waals surface area contributed by atoms with Gasteiger partial charge in [-0.2, -0.15) is 0 Å². The van der Waals surface area contributed by atoms with Gasteiger partial charge in [0.15, 0.2) is 23.3 Å². The predicted molar refractivity (Wildman–Crippen MR) is 113 cm³/mol. The average molecular weight is 447 g/mol. The molecule has 0 heterocycles.